The first-order chi connectivity index (χ1) is 19.2. The number of aliphatic hydroxyl groups excluding tert-OH is 1. The summed E-state index contributed by atoms with van der Waals surface area (Å²) in [5.41, 5.74) is 3.78. The summed E-state index contributed by atoms with van der Waals surface area (Å²) in [6.07, 6.45) is 4.49. The van der Waals surface area contributed by atoms with E-state index in [-0.39, 0.29) is 12.6 Å². The lowest BCUT2D eigenvalue weighted by molar-refractivity contribution is -0.146. The molecular formula is C30H31Br2N3O5. The maximum absolute atomic E-state index is 13.6. The van der Waals surface area contributed by atoms with E-state index >= 15 is 0 Å². The largest absolute Gasteiger partial charge is 0.479 e. The fourth-order valence-corrected chi connectivity index (χ4v) is 6.08. The van der Waals surface area contributed by atoms with Crippen molar-refractivity contribution in [1.82, 2.24) is 5.32 Å². The number of halogens is 2. The Labute approximate surface area is 250 Å². The number of carboxylic acid groups (broad SMARTS) is 1. The van der Waals surface area contributed by atoms with Crippen LogP contribution in [0.3, 0.4) is 0 Å². The molecule has 10 heteroatoms. The fourth-order valence-electron chi connectivity index (χ4n) is 4.78. The number of urea groups is 1. The molecule has 8 nitrogen and oxygen atoms in total. The predicted octanol–water partition coefficient (Wildman–Crippen LogP) is 6.67. The Morgan fingerprint density at radius 1 is 0.900 bits per heavy atom. The van der Waals surface area contributed by atoms with E-state index in [4.69, 9.17) is 5.11 Å². The molecular weight excluding hydrogens is 642 g/mol. The Morgan fingerprint density at radius 3 is 2.12 bits per heavy atom. The number of rotatable bonds is 9. The fraction of sp³-hybridized carbons (Fsp3) is 0.300. The van der Waals surface area contributed by atoms with Gasteiger partial charge in [-0.1, -0.05) is 75.4 Å². The third-order valence-electron chi connectivity index (χ3n) is 6.94. The van der Waals surface area contributed by atoms with E-state index in [9.17, 15) is 19.5 Å². The molecule has 0 unspecified atom stereocenters. The van der Waals surface area contributed by atoms with Crippen LogP contribution >= 0.6 is 31.9 Å². The van der Waals surface area contributed by atoms with Gasteiger partial charge >= 0.3 is 12.0 Å². The van der Waals surface area contributed by atoms with Gasteiger partial charge in [-0.3, -0.25) is 9.69 Å². The van der Waals surface area contributed by atoms with Crippen LogP contribution in [0.25, 0.3) is 0 Å². The Hall–Kier alpha value is -3.21. The van der Waals surface area contributed by atoms with E-state index in [1.807, 2.05) is 30.3 Å². The van der Waals surface area contributed by atoms with Crippen molar-refractivity contribution >= 4 is 61.1 Å². The molecule has 3 aromatic carbocycles. The number of benzene rings is 3. The van der Waals surface area contributed by atoms with Gasteiger partial charge in [0, 0.05) is 25.9 Å². The smallest absolute Gasteiger partial charge is 0.334 e. The molecule has 0 radical (unpaired) electrons. The van der Waals surface area contributed by atoms with Crippen LogP contribution in [0.15, 0.2) is 75.7 Å². The zero-order valence-electron chi connectivity index (χ0n) is 21.8. The molecule has 1 fully saturated rings. The topological polar surface area (TPSA) is 119 Å². The number of hydrogen-bond donors (Lipinski definition) is 4. The molecule has 210 valence electrons. The molecule has 1 aliphatic rings. The SMILES string of the molecule is O=C(NC[C@@H](O)C(=O)O)c1ccc(CN(C(=O)Nc2cc(Br)cc(Br)c2)c2ccc(C3CCCCC3)cc2)cc1. The number of nitrogens with one attached hydrogen (secondary N) is 2. The van der Waals surface area contributed by atoms with Crippen LogP contribution in [-0.2, 0) is 11.3 Å². The second-order valence-electron chi connectivity index (χ2n) is 9.86. The lowest BCUT2D eigenvalue weighted by atomic mass is 9.84. The average Bonchev–Trinajstić information content (AvgIpc) is 2.94. The second kappa shape index (κ2) is 13.9. The van der Waals surface area contributed by atoms with E-state index in [0.29, 0.717) is 17.2 Å². The third kappa shape index (κ3) is 8.16. The van der Waals surface area contributed by atoms with Gasteiger partial charge < -0.3 is 20.8 Å². The van der Waals surface area contributed by atoms with Gasteiger partial charge in [-0.2, -0.15) is 0 Å². The van der Waals surface area contributed by atoms with Gasteiger partial charge in [0.05, 0.1) is 13.1 Å². The molecule has 1 atom stereocenters. The Bertz CT molecular complexity index is 1320. The molecule has 0 aromatic heterocycles. The van der Waals surface area contributed by atoms with Crippen LogP contribution in [0.4, 0.5) is 16.2 Å². The highest BCUT2D eigenvalue weighted by molar-refractivity contribution is 9.11. The van der Waals surface area contributed by atoms with Crippen molar-refractivity contribution in [1.29, 1.82) is 0 Å². The Balaban J connectivity index is 1.52. The monoisotopic (exact) mass is 671 g/mol. The number of carbonyl (C=O) groups excluding carboxylic acids is 2. The minimum atomic E-state index is -1.68. The van der Waals surface area contributed by atoms with Crippen molar-refractivity contribution in [2.75, 3.05) is 16.8 Å². The quantitative estimate of drug-likeness (QED) is 0.202. The maximum Gasteiger partial charge on any atom is 0.334 e. The zero-order valence-corrected chi connectivity index (χ0v) is 24.9. The molecule has 1 saturated carbocycles. The predicted molar refractivity (Wildman–Crippen MR) is 162 cm³/mol. The molecule has 1 aliphatic carbocycles. The Kier molecular flexibility index (Phi) is 10.4. The standard InChI is InChI=1S/C30H31Br2N3O5/c31-23-14-24(32)16-25(15-23)34-30(40)35(26-12-10-21(11-13-26)20-4-2-1-3-5-20)18-19-6-8-22(9-7-19)28(37)33-17-27(36)29(38)39/h6-16,20,27,36H,1-5,17-18H2,(H,33,37)(H,34,40)(H,38,39)/t27-/m1/s1. The molecule has 0 spiro atoms. The molecule has 4 N–H and O–H groups in total. The summed E-state index contributed by atoms with van der Waals surface area (Å²) in [7, 11) is 0. The van der Waals surface area contributed by atoms with E-state index in [2.05, 4.69) is 54.6 Å². The average molecular weight is 673 g/mol. The van der Waals surface area contributed by atoms with Crippen molar-refractivity contribution in [2.45, 2.75) is 50.7 Å². The summed E-state index contributed by atoms with van der Waals surface area (Å²) in [6.45, 7) is -0.143. The lowest BCUT2D eigenvalue weighted by Gasteiger charge is -2.26. The molecule has 3 aromatic rings. The van der Waals surface area contributed by atoms with E-state index < -0.39 is 24.5 Å². The number of aliphatic hydroxyl groups is 1. The van der Waals surface area contributed by atoms with Crippen molar-refractivity contribution < 1.29 is 24.6 Å². The van der Waals surface area contributed by atoms with E-state index in [1.165, 1.54) is 37.7 Å². The zero-order chi connectivity index (χ0) is 28.6. The van der Waals surface area contributed by atoms with Crippen LogP contribution < -0.4 is 15.5 Å². The first-order valence-corrected chi connectivity index (χ1v) is 14.7. The number of carboxylic acids is 1. The molecule has 0 heterocycles. The van der Waals surface area contributed by atoms with Crippen LogP contribution in [0.2, 0.25) is 0 Å². The van der Waals surface area contributed by atoms with Gasteiger partial charge in [-0.25, -0.2) is 9.59 Å². The van der Waals surface area contributed by atoms with Crippen molar-refractivity contribution in [3.8, 4) is 0 Å². The molecule has 0 bridgehead atoms. The number of amides is 3. The molecule has 0 saturated heterocycles. The van der Waals surface area contributed by atoms with Gasteiger partial charge in [-0.05, 0) is 72.4 Å². The first kappa shape index (κ1) is 29.8. The Morgan fingerprint density at radius 2 is 1.52 bits per heavy atom. The summed E-state index contributed by atoms with van der Waals surface area (Å²) in [5, 5.41) is 23.6. The first-order valence-electron chi connectivity index (χ1n) is 13.1. The number of hydrogen-bond acceptors (Lipinski definition) is 4. The van der Waals surface area contributed by atoms with Crippen LogP contribution in [0.5, 0.6) is 0 Å². The van der Waals surface area contributed by atoms with Gasteiger partial charge in [-0.15, -0.1) is 0 Å². The van der Waals surface area contributed by atoms with E-state index in [0.717, 1.165) is 20.2 Å². The summed E-state index contributed by atoms with van der Waals surface area (Å²) in [4.78, 5) is 38.3. The van der Waals surface area contributed by atoms with Gasteiger partial charge in [0.2, 0.25) is 0 Å². The highest BCUT2D eigenvalue weighted by Crippen LogP contribution is 2.34. The van der Waals surface area contributed by atoms with Crippen LogP contribution in [0.1, 0.15) is 59.5 Å². The van der Waals surface area contributed by atoms with Gasteiger partial charge in [0.1, 0.15) is 0 Å². The number of aliphatic carboxylic acids is 1. The van der Waals surface area contributed by atoms with Crippen molar-refractivity contribution in [3.63, 3.8) is 0 Å². The van der Waals surface area contributed by atoms with Crippen molar-refractivity contribution in [2.24, 2.45) is 0 Å². The molecule has 3 amide bonds. The highest BCUT2D eigenvalue weighted by Gasteiger charge is 2.20. The number of nitrogens with zero attached hydrogens (tertiary/aromatic N) is 1. The third-order valence-corrected chi connectivity index (χ3v) is 7.85. The van der Waals surface area contributed by atoms with E-state index in [1.54, 1.807) is 29.2 Å². The second-order valence-corrected chi connectivity index (χ2v) is 11.7. The summed E-state index contributed by atoms with van der Waals surface area (Å²) < 4.78 is 1.65. The van der Waals surface area contributed by atoms with Gasteiger partial charge in [0.25, 0.3) is 5.91 Å². The minimum absolute atomic E-state index is 0.253. The lowest BCUT2D eigenvalue weighted by Crippen LogP contribution is -2.36. The molecule has 40 heavy (non-hydrogen) atoms. The molecule has 4 rings (SSSR count). The minimum Gasteiger partial charge on any atom is -0.479 e. The summed E-state index contributed by atoms with van der Waals surface area (Å²) in [5.74, 6) is -1.35. The number of anilines is 2. The van der Waals surface area contributed by atoms with Crippen LogP contribution in [0, 0.1) is 0 Å². The van der Waals surface area contributed by atoms with Crippen molar-refractivity contribution in [3.05, 3.63) is 92.4 Å². The highest BCUT2D eigenvalue weighted by atomic mass is 79.9. The van der Waals surface area contributed by atoms with Gasteiger partial charge in [0.15, 0.2) is 6.10 Å². The summed E-state index contributed by atoms with van der Waals surface area (Å²) in [6, 6.07) is 20.1. The number of carbonyl (C=O) groups is 3. The van der Waals surface area contributed by atoms with Crippen LogP contribution in [-0.4, -0.2) is 40.8 Å². The summed E-state index contributed by atoms with van der Waals surface area (Å²) >= 11 is 6.92. The maximum atomic E-state index is 13.6. The molecule has 0 aliphatic heterocycles. The normalized spacial score (nSPS) is 14.3.